The van der Waals surface area contributed by atoms with E-state index < -0.39 is 26.6 Å². The molecule has 0 spiro atoms. The summed E-state index contributed by atoms with van der Waals surface area (Å²) in [6, 6.07) is -0.920. The molecule has 0 heterocycles. The van der Waals surface area contributed by atoms with Crippen molar-refractivity contribution in [3.63, 3.8) is 0 Å². The summed E-state index contributed by atoms with van der Waals surface area (Å²) < 4.78 is 30.2. The molecule has 0 aromatic carbocycles. The molecule has 0 rings (SSSR count). The summed E-state index contributed by atoms with van der Waals surface area (Å²) in [6.45, 7) is 6.76. The zero-order chi connectivity index (χ0) is 51.5. The van der Waals surface area contributed by atoms with Gasteiger partial charge in [-0.2, -0.15) is 0 Å². The van der Waals surface area contributed by atoms with Crippen LogP contribution in [0.2, 0.25) is 0 Å². The van der Waals surface area contributed by atoms with Crippen molar-refractivity contribution >= 4 is 19.7 Å². The van der Waals surface area contributed by atoms with Gasteiger partial charge in [-0.05, 0) is 83.1 Å². The van der Waals surface area contributed by atoms with E-state index in [0.29, 0.717) is 17.4 Å². The molecule has 0 aliphatic heterocycles. The van der Waals surface area contributed by atoms with Gasteiger partial charge in [0, 0.05) is 12.8 Å². The Morgan fingerprint density at radius 1 is 0.500 bits per heavy atom. The van der Waals surface area contributed by atoms with Crippen molar-refractivity contribution in [2.45, 2.75) is 270 Å². The van der Waals surface area contributed by atoms with Gasteiger partial charge < -0.3 is 28.5 Å². The van der Waals surface area contributed by atoms with Crippen LogP contribution in [-0.2, 0) is 27.9 Å². The first-order valence-corrected chi connectivity index (χ1v) is 30.6. The number of rotatable bonds is 52. The quantitative estimate of drug-likeness (QED) is 0.0212. The number of phosphoric ester groups is 1. The minimum atomic E-state index is -4.71. The third-order valence-corrected chi connectivity index (χ3v) is 13.6. The number of phosphoric acid groups is 1. The van der Waals surface area contributed by atoms with Gasteiger partial charge in [0.1, 0.15) is 19.3 Å². The van der Waals surface area contributed by atoms with Crippen LogP contribution < -0.4 is 10.2 Å². The zero-order valence-corrected chi connectivity index (χ0v) is 47.4. The summed E-state index contributed by atoms with van der Waals surface area (Å²) in [5.41, 5.74) is 0. The number of hydrogen-bond donors (Lipinski definition) is 1. The van der Waals surface area contributed by atoms with Gasteiger partial charge in [0.15, 0.2) is 0 Å². The summed E-state index contributed by atoms with van der Waals surface area (Å²) in [6.07, 6.45) is 62.0. The number of likely N-dealkylation sites (N-methyl/N-ethyl adjacent to an activating group) is 1. The molecular weight excluding hydrogens is 892 g/mol. The third-order valence-electron chi connectivity index (χ3n) is 12.7. The molecule has 10 heteroatoms. The van der Waals surface area contributed by atoms with E-state index in [1.165, 1.54) is 148 Å². The van der Waals surface area contributed by atoms with Crippen LogP contribution in [0.15, 0.2) is 60.8 Å². The Hall–Kier alpha value is -2.29. The van der Waals surface area contributed by atoms with E-state index in [0.717, 1.165) is 70.6 Å². The summed E-state index contributed by atoms with van der Waals surface area (Å²) in [7, 11) is 1.15. The second-order valence-electron chi connectivity index (χ2n) is 20.8. The van der Waals surface area contributed by atoms with E-state index in [-0.39, 0.29) is 31.3 Å². The highest BCUT2D eigenvalue weighted by molar-refractivity contribution is 7.45. The molecule has 0 aliphatic rings. The van der Waals surface area contributed by atoms with E-state index in [2.05, 4.69) is 68.6 Å². The maximum absolute atomic E-state index is 13.4. The van der Waals surface area contributed by atoms with Crippen molar-refractivity contribution in [3.05, 3.63) is 60.8 Å². The van der Waals surface area contributed by atoms with Crippen molar-refractivity contribution in [3.8, 4) is 0 Å². The average molecular weight is 1000 g/mol. The number of hydrogen-bond acceptors (Lipinski definition) is 7. The van der Waals surface area contributed by atoms with E-state index >= 15 is 0 Å². The minimum absolute atomic E-state index is 0.0331. The highest BCUT2D eigenvalue weighted by atomic mass is 31.2. The molecule has 1 N–H and O–H groups in total. The number of carbonyl (C=O) groups is 2. The molecule has 0 saturated carbocycles. The number of unbranched alkanes of at least 4 members (excludes halogenated alkanes) is 28. The lowest BCUT2D eigenvalue weighted by Crippen LogP contribution is -2.47. The maximum Gasteiger partial charge on any atom is 0.306 e. The Kier molecular flexibility index (Phi) is 48.6. The fourth-order valence-corrected chi connectivity index (χ4v) is 8.85. The van der Waals surface area contributed by atoms with Gasteiger partial charge in [-0.3, -0.25) is 14.2 Å². The van der Waals surface area contributed by atoms with Gasteiger partial charge in [-0.25, -0.2) is 0 Å². The standard InChI is InChI=1S/C60H111N2O7P/c1-7-10-13-16-19-22-25-28-29-30-31-32-33-35-38-41-44-47-50-53-60(64)69-58(51-48-45-42-39-36-27-24-21-18-15-12-9-3)57(56-68-70(65,66)67-55-54-62(4,5)6)61-59(63)52-49-46-43-40-37-34-26-23-20-17-14-11-8-2/h19,22,28-29,34,37,43,46,48,51,57-58H,7-18,20-21,23-27,30-33,35-36,38-42,44-45,47,49-50,52-56H2,1-6H3,(H-,61,63,65,66)/b22-19-,29-28-,37-34-,46-43+,51-48-. The molecule has 0 aromatic heterocycles. The first kappa shape index (κ1) is 67.7. The van der Waals surface area contributed by atoms with Crippen molar-refractivity contribution in [1.82, 2.24) is 5.32 Å². The van der Waals surface area contributed by atoms with Gasteiger partial charge in [0.25, 0.3) is 7.82 Å². The molecule has 9 nitrogen and oxygen atoms in total. The fourth-order valence-electron chi connectivity index (χ4n) is 8.13. The first-order chi connectivity index (χ1) is 33.9. The van der Waals surface area contributed by atoms with E-state index in [1.807, 2.05) is 39.4 Å². The van der Waals surface area contributed by atoms with Crippen LogP contribution in [0.5, 0.6) is 0 Å². The van der Waals surface area contributed by atoms with Gasteiger partial charge in [-0.15, -0.1) is 0 Å². The van der Waals surface area contributed by atoms with Crippen LogP contribution in [0.3, 0.4) is 0 Å². The van der Waals surface area contributed by atoms with Crippen molar-refractivity contribution in [1.29, 1.82) is 0 Å². The predicted molar refractivity (Wildman–Crippen MR) is 298 cm³/mol. The number of ether oxygens (including phenoxy) is 1. The number of carbonyl (C=O) groups excluding carboxylic acids is 2. The van der Waals surface area contributed by atoms with Gasteiger partial charge in [0.05, 0.1) is 33.8 Å². The van der Waals surface area contributed by atoms with Crippen LogP contribution >= 0.6 is 7.82 Å². The lowest BCUT2D eigenvalue weighted by atomic mass is 10.0. The normalized spacial score (nSPS) is 14.2. The number of esters is 1. The van der Waals surface area contributed by atoms with Gasteiger partial charge in [-0.1, -0.05) is 223 Å². The predicted octanol–water partition coefficient (Wildman–Crippen LogP) is 16.9. The number of nitrogens with one attached hydrogen (secondary N) is 1. The van der Waals surface area contributed by atoms with Crippen LogP contribution in [-0.4, -0.2) is 69.4 Å². The Balaban J connectivity index is 5.36. The molecule has 0 bridgehead atoms. The van der Waals surface area contributed by atoms with Crippen molar-refractivity contribution in [2.24, 2.45) is 0 Å². The van der Waals surface area contributed by atoms with Crippen LogP contribution in [0.25, 0.3) is 0 Å². The molecule has 0 fully saturated rings. The number of amides is 1. The van der Waals surface area contributed by atoms with E-state index in [1.54, 1.807) is 0 Å². The van der Waals surface area contributed by atoms with Gasteiger partial charge >= 0.3 is 5.97 Å². The van der Waals surface area contributed by atoms with Crippen LogP contribution in [0, 0.1) is 0 Å². The van der Waals surface area contributed by atoms with Crippen LogP contribution in [0.1, 0.15) is 258 Å². The third kappa shape index (κ3) is 50.6. The van der Waals surface area contributed by atoms with E-state index in [4.69, 9.17) is 13.8 Å². The summed E-state index contributed by atoms with van der Waals surface area (Å²) in [4.78, 5) is 39.8. The topological polar surface area (TPSA) is 114 Å². The molecule has 3 unspecified atom stereocenters. The molecule has 3 atom stereocenters. The number of allylic oxidation sites excluding steroid dienone is 9. The second-order valence-corrected chi connectivity index (χ2v) is 22.2. The Labute approximate surface area is 432 Å². The van der Waals surface area contributed by atoms with Crippen molar-refractivity contribution < 1.29 is 37.3 Å². The van der Waals surface area contributed by atoms with Gasteiger partial charge in [0.2, 0.25) is 5.91 Å². The second kappa shape index (κ2) is 50.3. The number of quaternary nitrogens is 1. The molecular formula is C60H111N2O7P. The molecule has 1 amide bonds. The molecule has 70 heavy (non-hydrogen) atoms. The molecule has 408 valence electrons. The highest BCUT2D eigenvalue weighted by Gasteiger charge is 2.27. The Bertz CT molecular complexity index is 1390. The average Bonchev–Trinajstić information content (AvgIpc) is 3.32. The molecule has 0 radical (unpaired) electrons. The highest BCUT2D eigenvalue weighted by Crippen LogP contribution is 2.38. The fraction of sp³-hybridized carbons (Fsp3) is 0.800. The van der Waals surface area contributed by atoms with Crippen molar-refractivity contribution in [2.75, 3.05) is 40.9 Å². The lowest BCUT2D eigenvalue weighted by Gasteiger charge is -2.30. The molecule has 0 saturated heterocycles. The lowest BCUT2D eigenvalue weighted by molar-refractivity contribution is -0.870. The zero-order valence-electron chi connectivity index (χ0n) is 46.5. The molecule has 0 aromatic rings. The summed E-state index contributed by atoms with van der Waals surface area (Å²) in [5.74, 6) is -0.622. The Morgan fingerprint density at radius 2 is 0.886 bits per heavy atom. The summed E-state index contributed by atoms with van der Waals surface area (Å²) in [5, 5.41) is 2.98. The maximum atomic E-state index is 13.4. The minimum Gasteiger partial charge on any atom is -0.756 e. The first-order valence-electron chi connectivity index (χ1n) is 29.1. The SMILES string of the molecule is CCCCC/C=C\C/C=C\CCCCCCCCCCCC(=O)OC(/C=C\CCCCCCCCCCCC)C(COP(=O)([O-])OCC[N+](C)(C)C)NC(=O)CC/C=C/C/C=C\CCCCCCCC. The summed E-state index contributed by atoms with van der Waals surface area (Å²) >= 11 is 0. The number of nitrogens with zero attached hydrogens (tertiary/aromatic N) is 1. The monoisotopic (exact) mass is 1000 g/mol. The van der Waals surface area contributed by atoms with Crippen LogP contribution in [0.4, 0.5) is 0 Å². The van der Waals surface area contributed by atoms with E-state index in [9.17, 15) is 19.0 Å². The largest absolute Gasteiger partial charge is 0.756 e. The Morgan fingerprint density at radius 3 is 1.34 bits per heavy atom. The molecule has 0 aliphatic carbocycles. The smallest absolute Gasteiger partial charge is 0.306 e.